The summed E-state index contributed by atoms with van der Waals surface area (Å²) in [7, 11) is 0. The van der Waals surface area contributed by atoms with Crippen LogP contribution in [0.4, 0.5) is 5.69 Å². The second-order valence-corrected chi connectivity index (χ2v) is 4.80. The minimum Gasteiger partial charge on any atom is -0.322 e. The molecule has 1 unspecified atom stereocenters. The van der Waals surface area contributed by atoms with Gasteiger partial charge in [-0.3, -0.25) is 9.48 Å². The van der Waals surface area contributed by atoms with Gasteiger partial charge in [0.15, 0.2) is 0 Å². The van der Waals surface area contributed by atoms with E-state index in [1.54, 1.807) is 10.9 Å². The summed E-state index contributed by atoms with van der Waals surface area (Å²) in [5.41, 5.74) is 7.61. The number of aromatic nitrogens is 2. The summed E-state index contributed by atoms with van der Waals surface area (Å²) >= 11 is 0. The molecular weight excluding hydrogens is 288 g/mol. The maximum atomic E-state index is 11.8. The smallest absolute Gasteiger partial charge is 0.241 e. The van der Waals surface area contributed by atoms with Gasteiger partial charge in [-0.05, 0) is 12.0 Å². The van der Waals surface area contributed by atoms with Crippen LogP contribution in [0.5, 0.6) is 0 Å². The Bertz CT molecular complexity index is 556. The number of anilines is 1. The molecule has 1 aromatic carbocycles. The Labute approximate surface area is 130 Å². The molecule has 0 spiro atoms. The van der Waals surface area contributed by atoms with Crippen molar-refractivity contribution in [3.8, 4) is 0 Å². The molecule has 0 aliphatic rings. The van der Waals surface area contributed by atoms with Crippen LogP contribution in [0.25, 0.3) is 0 Å². The van der Waals surface area contributed by atoms with Crippen molar-refractivity contribution in [2.24, 2.45) is 5.73 Å². The van der Waals surface area contributed by atoms with Gasteiger partial charge >= 0.3 is 0 Å². The number of nitrogens with two attached hydrogens (primary N) is 1. The fourth-order valence-electron chi connectivity index (χ4n) is 1.96. The lowest BCUT2D eigenvalue weighted by Gasteiger charge is -2.09. The van der Waals surface area contributed by atoms with E-state index in [0.717, 1.165) is 12.0 Å². The molecule has 6 heteroatoms. The van der Waals surface area contributed by atoms with Crippen molar-refractivity contribution in [3.63, 3.8) is 0 Å². The number of rotatable bonds is 6. The van der Waals surface area contributed by atoms with E-state index in [2.05, 4.69) is 10.4 Å². The molecule has 114 valence electrons. The van der Waals surface area contributed by atoms with Crippen molar-refractivity contribution < 1.29 is 4.79 Å². The minimum absolute atomic E-state index is 0. The number of carbonyl (C=O) groups is 1. The van der Waals surface area contributed by atoms with Crippen molar-refractivity contribution in [3.05, 3.63) is 48.3 Å². The van der Waals surface area contributed by atoms with E-state index in [0.29, 0.717) is 18.7 Å². The molecule has 1 aromatic heterocycles. The first kappa shape index (κ1) is 17.2. The summed E-state index contributed by atoms with van der Waals surface area (Å²) in [6.45, 7) is 2.68. The summed E-state index contributed by atoms with van der Waals surface area (Å²) in [4.78, 5) is 11.8. The van der Waals surface area contributed by atoms with Crippen LogP contribution in [-0.2, 0) is 11.3 Å². The summed E-state index contributed by atoms with van der Waals surface area (Å²) in [6.07, 6.45) is 5.02. The zero-order valence-corrected chi connectivity index (χ0v) is 12.8. The zero-order chi connectivity index (χ0) is 14.4. The van der Waals surface area contributed by atoms with Crippen molar-refractivity contribution in [1.29, 1.82) is 0 Å². The van der Waals surface area contributed by atoms with Crippen molar-refractivity contribution in [1.82, 2.24) is 9.78 Å². The quantitative estimate of drug-likeness (QED) is 0.860. The third-order valence-corrected chi connectivity index (χ3v) is 3.02. The maximum absolute atomic E-state index is 11.8. The first-order valence-corrected chi connectivity index (χ1v) is 6.82. The van der Waals surface area contributed by atoms with E-state index in [4.69, 9.17) is 5.73 Å². The Morgan fingerprint density at radius 1 is 1.38 bits per heavy atom. The van der Waals surface area contributed by atoms with Crippen LogP contribution >= 0.6 is 12.4 Å². The van der Waals surface area contributed by atoms with Gasteiger partial charge in [0.1, 0.15) is 0 Å². The zero-order valence-electron chi connectivity index (χ0n) is 12.0. The number of carbonyl (C=O) groups excluding carboxylic acids is 1. The fourth-order valence-corrected chi connectivity index (χ4v) is 1.96. The predicted octanol–water partition coefficient (Wildman–Crippen LogP) is 2.42. The third-order valence-electron chi connectivity index (χ3n) is 3.02. The molecule has 0 aliphatic carbocycles. The first-order chi connectivity index (χ1) is 9.69. The summed E-state index contributed by atoms with van der Waals surface area (Å²) in [6, 6.07) is 9.58. The maximum Gasteiger partial charge on any atom is 0.241 e. The largest absolute Gasteiger partial charge is 0.322 e. The SMILES string of the molecule is CCCC(N)C(=O)Nc1cnn(Cc2ccccc2)c1.Cl. The summed E-state index contributed by atoms with van der Waals surface area (Å²) in [5.74, 6) is -0.161. The van der Waals surface area contributed by atoms with Crippen molar-refractivity contribution in [2.75, 3.05) is 5.32 Å². The number of hydrogen-bond donors (Lipinski definition) is 2. The third kappa shape index (κ3) is 5.21. The molecule has 0 bridgehead atoms. The lowest BCUT2D eigenvalue weighted by molar-refractivity contribution is -0.117. The van der Waals surface area contributed by atoms with Gasteiger partial charge in [-0.25, -0.2) is 0 Å². The Hall–Kier alpha value is -1.85. The van der Waals surface area contributed by atoms with Gasteiger partial charge in [0.2, 0.25) is 5.91 Å². The molecule has 1 heterocycles. The Morgan fingerprint density at radius 2 is 2.10 bits per heavy atom. The molecule has 3 N–H and O–H groups in total. The van der Waals surface area contributed by atoms with Crippen LogP contribution < -0.4 is 11.1 Å². The average Bonchev–Trinajstić information content (AvgIpc) is 2.87. The number of nitrogens with one attached hydrogen (secondary N) is 1. The number of hydrogen-bond acceptors (Lipinski definition) is 3. The van der Waals surface area contributed by atoms with Crippen LogP contribution in [0, 0.1) is 0 Å². The molecule has 21 heavy (non-hydrogen) atoms. The second kappa shape index (κ2) is 8.44. The molecule has 0 fully saturated rings. The van der Waals surface area contributed by atoms with Gasteiger partial charge < -0.3 is 11.1 Å². The molecule has 0 saturated heterocycles. The minimum atomic E-state index is -0.461. The van der Waals surface area contributed by atoms with E-state index in [1.165, 1.54) is 0 Å². The van der Waals surface area contributed by atoms with Crippen LogP contribution in [0.1, 0.15) is 25.3 Å². The highest BCUT2D eigenvalue weighted by molar-refractivity contribution is 5.94. The van der Waals surface area contributed by atoms with Crippen LogP contribution in [0.2, 0.25) is 0 Å². The summed E-state index contributed by atoms with van der Waals surface area (Å²) < 4.78 is 1.79. The van der Waals surface area contributed by atoms with E-state index >= 15 is 0 Å². The number of halogens is 1. The standard InChI is InChI=1S/C15H20N4O.ClH/c1-2-6-14(16)15(20)18-13-9-17-19(11-13)10-12-7-4-3-5-8-12;/h3-5,7-9,11,14H,2,6,10,16H2,1H3,(H,18,20);1H. The van der Waals surface area contributed by atoms with E-state index in [9.17, 15) is 4.79 Å². The molecule has 1 atom stereocenters. The Kier molecular flexibility index (Phi) is 6.91. The highest BCUT2D eigenvalue weighted by Crippen LogP contribution is 2.09. The fraction of sp³-hybridized carbons (Fsp3) is 0.333. The first-order valence-electron chi connectivity index (χ1n) is 6.82. The van der Waals surface area contributed by atoms with Gasteiger partial charge in [-0.1, -0.05) is 43.7 Å². The molecule has 0 aliphatic heterocycles. The topological polar surface area (TPSA) is 72.9 Å². The molecule has 2 rings (SSSR count). The molecular formula is C15H21ClN4O. The molecule has 1 amide bonds. The van der Waals surface area contributed by atoms with Crippen LogP contribution in [0.3, 0.4) is 0 Å². The van der Waals surface area contributed by atoms with E-state index < -0.39 is 6.04 Å². The van der Waals surface area contributed by atoms with E-state index in [-0.39, 0.29) is 18.3 Å². The number of nitrogens with zero attached hydrogens (tertiary/aromatic N) is 2. The monoisotopic (exact) mass is 308 g/mol. The molecule has 0 radical (unpaired) electrons. The lowest BCUT2D eigenvalue weighted by atomic mass is 10.2. The van der Waals surface area contributed by atoms with Gasteiger partial charge in [0.05, 0.1) is 24.5 Å². The predicted molar refractivity (Wildman–Crippen MR) is 86.5 cm³/mol. The molecule has 2 aromatic rings. The molecule has 0 saturated carbocycles. The van der Waals surface area contributed by atoms with E-state index in [1.807, 2.05) is 43.5 Å². The second-order valence-electron chi connectivity index (χ2n) is 4.80. The average molecular weight is 309 g/mol. The normalized spacial score (nSPS) is 11.5. The van der Waals surface area contributed by atoms with Gasteiger partial charge in [0, 0.05) is 6.20 Å². The molecule has 5 nitrogen and oxygen atoms in total. The van der Waals surface area contributed by atoms with Crippen LogP contribution in [0.15, 0.2) is 42.7 Å². The highest BCUT2D eigenvalue weighted by Gasteiger charge is 2.13. The lowest BCUT2D eigenvalue weighted by Crippen LogP contribution is -2.35. The van der Waals surface area contributed by atoms with Gasteiger partial charge in [0.25, 0.3) is 0 Å². The number of amides is 1. The van der Waals surface area contributed by atoms with Crippen molar-refractivity contribution >= 4 is 24.0 Å². The van der Waals surface area contributed by atoms with Crippen molar-refractivity contribution in [2.45, 2.75) is 32.4 Å². The van der Waals surface area contributed by atoms with Gasteiger partial charge in [-0.2, -0.15) is 5.10 Å². The highest BCUT2D eigenvalue weighted by atomic mass is 35.5. The summed E-state index contributed by atoms with van der Waals surface area (Å²) in [5, 5.41) is 7.02. The Morgan fingerprint density at radius 3 is 2.76 bits per heavy atom. The number of benzene rings is 1. The van der Waals surface area contributed by atoms with Crippen LogP contribution in [-0.4, -0.2) is 21.7 Å². The van der Waals surface area contributed by atoms with Gasteiger partial charge in [-0.15, -0.1) is 12.4 Å². The Balaban J connectivity index is 0.00000220.